The third kappa shape index (κ3) is 3.73. The predicted octanol–water partition coefficient (Wildman–Crippen LogP) is 3.14. The number of para-hydroxylation sites is 1. The molecule has 4 rings (SSSR count). The maximum Gasteiger partial charge on any atom is 0.248 e. The van der Waals surface area contributed by atoms with Gasteiger partial charge in [-0.3, -0.25) is 4.79 Å². The number of benzene rings is 2. The number of nitrogens with one attached hydrogen (secondary N) is 1. The van der Waals surface area contributed by atoms with Crippen molar-refractivity contribution in [2.24, 2.45) is 5.73 Å². The first-order valence-electron chi connectivity index (χ1n) is 10.2. The molecule has 0 saturated carbocycles. The topological polar surface area (TPSA) is 114 Å². The number of amides is 1. The highest BCUT2D eigenvalue weighted by Crippen LogP contribution is 2.40. The lowest BCUT2D eigenvalue weighted by atomic mass is 9.94. The van der Waals surface area contributed by atoms with E-state index < -0.39 is 11.9 Å². The largest absolute Gasteiger partial charge is 0.497 e. The number of hydrogen-bond donors (Lipinski definition) is 2. The van der Waals surface area contributed by atoms with Gasteiger partial charge in [0, 0.05) is 22.9 Å². The summed E-state index contributed by atoms with van der Waals surface area (Å²) in [6, 6.07) is 12.3. The molecule has 3 aromatic rings. The predicted molar refractivity (Wildman–Crippen MR) is 120 cm³/mol. The van der Waals surface area contributed by atoms with E-state index in [1.807, 2.05) is 43.3 Å². The Bertz CT molecular complexity index is 1180. The van der Waals surface area contributed by atoms with Gasteiger partial charge in [-0.15, -0.1) is 5.10 Å². The van der Waals surface area contributed by atoms with Crippen LogP contribution in [0.1, 0.15) is 25.5 Å². The van der Waals surface area contributed by atoms with Crippen molar-refractivity contribution >= 4 is 11.9 Å². The maximum atomic E-state index is 12.5. The number of hydrogen-bond acceptors (Lipinski definition) is 7. The summed E-state index contributed by atoms with van der Waals surface area (Å²) in [6.45, 7) is 4.18. The van der Waals surface area contributed by atoms with Gasteiger partial charge in [0.05, 0.1) is 26.4 Å². The molecule has 1 aliphatic rings. The van der Waals surface area contributed by atoms with E-state index in [0.29, 0.717) is 52.5 Å². The molecular formula is C23H25N5O4. The van der Waals surface area contributed by atoms with Crippen molar-refractivity contribution < 1.29 is 19.0 Å². The van der Waals surface area contributed by atoms with Gasteiger partial charge in [0.15, 0.2) is 5.82 Å². The molecule has 0 radical (unpaired) electrons. The highest BCUT2D eigenvalue weighted by Gasteiger charge is 2.35. The number of ether oxygens (including phenoxy) is 3. The molecule has 3 N–H and O–H groups in total. The van der Waals surface area contributed by atoms with Crippen LogP contribution in [0.15, 0.2) is 53.7 Å². The standard InChI is InChI=1S/C23H25N5O4/c1-5-32-18-9-7-6-8-17(18)20-19(21(24)29)13(2)25-23-26-22(27-28(20)23)14-10-15(30-3)12-16(11-14)31-4/h6-12,20H,5H2,1-4H3,(H2,24,29)(H,25,26,27). The average Bonchev–Trinajstić information content (AvgIpc) is 3.22. The lowest BCUT2D eigenvalue weighted by Crippen LogP contribution is -2.32. The lowest BCUT2D eigenvalue weighted by molar-refractivity contribution is -0.115. The van der Waals surface area contributed by atoms with Crippen LogP contribution in [0.25, 0.3) is 11.4 Å². The van der Waals surface area contributed by atoms with Crippen LogP contribution in [0, 0.1) is 0 Å². The summed E-state index contributed by atoms with van der Waals surface area (Å²) in [6.07, 6.45) is 0. The van der Waals surface area contributed by atoms with Crippen molar-refractivity contribution in [2.75, 3.05) is 26.1 Å². The van der Waals surface area contributed by atoms with E-state index in [2.05, 4.69) is 10.3 Å². The Hall–Kier alpha value is -4.01. The molecule has 0 spiro atoms. The Morgan fingerprint density at radius 1 is 1.16 bits per heavy atom. The van der Waals surface area contributed by atoms with Crippen molar-refractivity contribution in [3.63, 3.8) is 0 Å². The summed E-state index contributed by atoms with van der Waals surface area (Å²) in [7, 11) is 3.16. The Morgan fingerprint density at radius 2 is 1.84 bits per heavy atom. The summed E-state index contributed by atoms with van der Waals surface area (Å²) in [4.78, 5) is 17.1. The van der Waals surface area contributed by atoms with Gasteiger partial charge in [-0.05, 0) is 32.0 Å². The lowest BCUT2D eigenvalue weighted by Gasteiger charge is -2.28. The molecule has 1 amide bonds. The molecule has 1 atom stereocenters. The summed E-state index contributed by atoms with van der Waals surface area (Å²) in [5.74, 6) is 2.27. The van der Waals surface area contributed by atoms with Crippen molar-refractivity contribution in [3.8, 4) is 28.6 Å². The number of allylic oxidation sites excluding steroid dienone is 1. The van der Waals surface area contributed by atoms with Crippen molar-refractivity contribution in [1.29, 1.82) is 0 Å². The Kier molecular flexibility index (Phi) is 5.72. The number of nitrogens with zero attached hydrogens (tertiary/aromatic N) is 3. The zero-order valence-electron chi connectivity index (χ0n) is 18.4. The van der Waals surface area contributed by atoms with Crippen molar-refractivity contribution in [3.05, 3.63) is 59.3 Å². The van der Waals surface area contributed by atoms with Crippen LogP contribution in [-0.2, 0) is 4.79 Å². The highest BCUT2D eigenvalue weighted by molar-refractivity contribution is 5.95. The number of primary amides is 1. The maximum absolute atomic E-state index is 12.5. The van der Waals surface area contributed by atoms with Gasteiger partial charge in [-0.1, -0.05) is 18.2 Å². The van der Waals surface area contributed by atoms with Crippen LogP contribution < -0.4 is 25.3 Å². The molecule has 0 fully saturated rings. The summed E-state index contributed by atoms with van der Waals surface area (Å²) in [5, 5.41) is 7.89. The van der Waals surface area contributed by atoms with E-state index in [9.17, 15) is 4.79 Å². The summed E-state index contributed by atoms with van der Waals surface area (Å²) < 4.78 is 18.2. The molecule has 0 saturated heterocycles. The Balaban J connectivity index is 1.90. The first-order chi connectivity index (χ1) is 15.5. The smallest absolute Gasteiger partial charge is 0.248 e. The fraction of sp³-hybridized carbons (Fsp3) is 0.261. The normalized spacial score (nSPS) is 15.1. The first kappa shape index (κ1) is 21.2. The molecule has 0 aliphatic carbocycles. The Labute approximate surface area is 185 Å². The second-order valence-corrected chi connectivity index (χ2v) is 7.21. The van der Waals surface area contributed by atoms with Gasteiger partial charge in [0.1, 0.15) is 23.3 Å². The van der Waals surface area contributed by atoms with Gasteiger partial charge in [0.2, 0.25) is 11.9 Å². The van der Waals surface area contributed by atoms with Crippen molar-refractivity contribution in [2.45, 2.75) is 19.9 Å². The number of rotatable bonds is 7. The monoisotopic (exact) mass is 435 g/mol. The number of methoxy groups -OCH3 is 2. The molecule has 2 aromatic carbocycles. The first-order valence-corrected chi connectivity index (χ1v) is 10.2. The van der Waals surface area contributed by atoms with Gasteiger partial charge < -0.3 is 25.3 Å². The molecule has 9 heteroatoms. The van der Waals surface area contributed by atoms with Gasteiger partial charge in [-0.25, -0.2) is 4.68 Å². The van der Waals surface area contributed by atoms with Gasteiger partial charge in [0.25, 0.3) is 0 Å². The fourth-order valence-electron chi connectivity index (χ4n) is 3.81. The minimum Gasteiger partial charge on any atom is -0.497 e. The van der Waals surface area contributed by atoms with E-state index in [-0.39, 0.29) is 0 Å². The van der Waals surface area contributed by atoms with Crippen LogP contribution in [-0.4, -0.2) is 41.5 Å². The minimum absolute atomic E-state index is 0.393. The fourth-order valence-corrected chi connectivity index (χ4v) is 3.81. The third-order valence-corrected chi connectivity index (χ3v) is 5.24. The van der Waals surface area contributed by atoms with E-state index in [1.54, 1.807) is 31.9 Å². The minimum atomic E-state index is -0.597. The van der Waals surface area contributed by atoms with Gasteiger partial charge in [-0.2, -0.15) is 4.98 Å². The second-order valence-electron chi connectivity index (χ2n) is 7.21. The molecule has 9 nitrogen and oxygen atoms in total. The molecule has 1 aliphatic heterocycles. The summed E-state index contributed by atoms with van der Waals surface area (Å²) >= 11 is 0. The van der Waals surface area contributed by atoms with Crippen LogP contribution in [0.4, 0.5) is 5.95 Å². The van der Waals surface area contributed by atoms with Crippen LogP contribution in [0.3, 0.4) is 0 Å². The van der Waals surface area contributed by atoms with Crippen LogP contribution in [0.2, 0.25) is 0 Å². The van der Waals surface area contributed by atoms with E-state index in [4.69, 9.17) is 25.0 Å². The molecule has 1 aromatic heterocycles. The van der Waals surface area contributed by atoms with Crippen LogP contribution >= 0.6 is 0 Å². The van der Waals surface area contributed by atoms with Crippen molar-refractivity contribution in [1.82, 2.24) is 14.8 Å². The molecule has 32 heavy (non-hydrogen) atoms. The number of carbonyl (C=O) groups is 1. The SMILES string of the molecule is CCOc1ccccc1C1C(C(N)=O)=C(C)Nc2nc(-c3cc(OC)cc(OC)c3)nn21. The zero-order chi connectivity index (χ0) is 22.8. The van der Waals surface area contributed by atoms with Gasteiger partial charge >= 0.3 is 0 Å². The molecule has 2 heterocycles. The number of nitrogens with two attached hydrogens (primary N) is 1. The highest BCUT2D eigenvalue weighted by atomic mass is 16.5. The molecule has 1 unspecified atom stereocenters. The number of aromatic nitrogens is 3. The Morgan fingerprint density at radius 3 is 2.47 bits per heavy atom. The second kappa shape index (κ2) is 8.62. The zero-order valence-corrected chi connectivity index (χ0v) is 18.4. The molecular weight excluding hydrogens is 410 g/mol. The van der Waals surface area contributed by atoms with E-state index in [0.717, 1.165) is 5.56 Å². The van der Waals surface area contributed by atoms with E-state index in [1.165, 1.54) is 0 Å². The summed E-state index contributed by atoms with van der Waals surface area (Å²) in [5.41, 5.74) is 8.27. The average molecular weight is 435 g/mol. The molecule has 166 valence electrons. The number of carbonyl (C=O) groups excluding carboxylic acids is 1. The number of fused-ring (bicyclic) bond motifs is 1. The number of anilines is 1. The molecule has 0 bridgehead atoms. The van der Waals surface area contributed by atoms with Crippen LogP contribution in [0.5, 0.6) is 17.2 Å². The third-order valence-electron chi connectivity index (χ3n) is 5.24. The quantitative estimate of drug-likeness (QED) is 0.586. The van der Waals surface area contributed by atoms with E-state index >= 15 is 0 Å².